The molecule has 0 aliphatic carbocycles. The van der Waals surface area contributed by atoms with E-state index in [4.69, 9.17) is 13.8 Å². The smallest absolute Gasteiger partial charge is 0.164 e. The number of ketones is 1. The molecule has 0 saturated heterocycles. The number of aryl methyl sites for hydroxylation is 1. The summed E-state index contributed by atoms with van der Waals surface area (Å²) in [7, 11) is 0. The number of hydrogen-bond acceptors (Lipinski definition) is 6. The topological polar surface area (TPSA) is 76.5 Å². The molecular weight excluding hydrogens is 843 g/mol. The quantitative estimate of drug-likeness (QED) is 0.0842. The first-order valence-electron chi connectivity index (χ1n) is 18.6. The summed E-state index contributed by atoms with van der Waals surface area (Å²) in [5, 5.41) is 16.6. The van der Waals surface area contributed by atoms with Crippen LogP contribution in [0, 0.1) is 29.7 Å². The van der Waals surface area contributed by atoms with Gasteiger partial charge in [-0.1, -0.05) is 87.3 Å². The fourth-order valence-corrected chi connectivity index (χ4v) is 7.71. The van der Waals surface area contributed by atoms with Gasteiger partial charge in [-0.15, -0.1) is 23.6 Å². The number of nitrogens with zero attached hydrogens (tertiary/aromatic N) is 1. The van der Waals surface area contributed by atoms with Crippen LogP contribution >= 0.6 is 11.3 Å². The third kappa shape index (κ3) is 7.98. The second-order valence-corrected chi connectivity index (χ2v) is 17.1. The summed E-state index contributed by atoms with van der Waals surface area (Å²) in [5.41, 5.74) is 6.45. The van der Waals surface area contributed by atoms with Crippen molar-refractivity contribution in [2.75, 3.05) is 0 Å². The van der Waals surface area contributed by atoms with Crippen LogP contribution in [0.1, 0.15) is 119 Å². The number of benzene rings is 2. The number of pyridine rings is 1. The van der Waals surface area contributed by atoms with Crippen LogP contribution in [0.5, 0.6) is 0 Å². The molecule has 6 aromatic rings. The molecule has 4 aromatic heterocycles. The van der Waals surface area contributed by atoms with E-state index < -0.39 is 0 Å². The largest absolute Gasteiger partial charge is 0.512 e. The minimum Gasteiger partial charge on any atom is -0.512 e. The fraction of sp³-hybridized carbons (Fsp3) is 0.467. The minimum absolute atomic E-state index is 0. The molecule has 0 bridgehead atoms. The van der Waals surface area contributed by atoms with Crippen molar-refractivity contribution in [1.82, 2.24) is 4.98 Å². The minimum atomic E-state index is -0.337. The van der Waals surface area contributed by atoms with E-state index in [0.29, 0.717) is 5.92 Å². The summed E-state index contributed by atoms with van der Waals surface area (Å²) in [5.74, 6) is 1.89. The number of aromatic nitrogens is 1. The van der Waals surface area contributed by atoms with Crippen molar-refractivity contribution in [3.63, 3.8) is 0 Å². The Hall–Kier alpha value is -3.25. The Morgan fingerprint density at radius 2 is 1.52 bits per heavy atom. The Morgan fingerprint density at radius 1 is 0.904 bits per heavy atom. The molecule has 0 saturated carbocycles. The van der Waals surface area contributed by atoms with Crippen LogP contribution in [0.3, 0.4) is 0 Å². The van der Waals surface area contributed by atoms with Gasteiger partial charge in [0, 0.05) is 71.5 Å². The molecule has 0 unspecified atom stereocenters. The maximum absolute atomic E-state index is 12.2. The molecule has 1 radical (unpaired) electrons. The van der Waals surface area contributed by atoms with Gasteiger partial charge in [-0.2, -0.15) is 11.3 Å². The van der Waals surface area contributed by atoms with Gasteiger partial charge in [-0.25, -0.2) is 0 Å². The van der Waals surface area contributed by atoms with Gasteiger partial charge in [0.1, 0.15) is 28.3 Å². The normalized spacial score (nSPS) is 12.9. The van der Waals surface area contributed by atoms with E-state index in [1.165, 1.54) is 21.9 Å². The summed E-state index contributed by atoms with van der Waals surface area (Å²) in [4.78, 5) is 17.0. The van der Waals surface area contributed by atoms with Crippen LogP contribution in [0.15, 0.2) is 62.6 Å². The Kier molecular flexibility index (Phi) is 12.8. The monoisotopic (exact) mass is 899 g/mol. The third-order valence-corrected chi connectivity index (χ3v) is 12.2. The number of hydrogen-bond donors (Lipinski definition) is 1. The average molecular weight is 899 g/mol. The Labute approximate surface area is 327 Å². The van der Waals surface area contributed by atoms with Gasteiger partial charge < -0.3 is 13.9 Å². The number of allylic oxidation sites excluding steroid dienone is 2. The standard InChI is InChI=1S/C30H28NO2S.C15H28O2.Ir/c1-16(2)11-24-17(3)20-14-26-21(15-25(20)33-24)27-23(32-26)7-9-31-28(27)19-12-18-8-10-34-29(18)22(13-19)30(4,5)6;1-7-14(5,8-2)12(16)11-13(17)15(6,9-3)10-4;/h7-10,13-16H,11H2,1-6H3;11,16H,7-10H2,1-6H3;/q-1;;/b;12-11-;. The van der Waals surface area contributed by atoms with Gasteiger partial charge in [-0.05, 0) is 77.8 Å². The summed E-state index contributed by atoms with van der Waals surface area (Å²) in [6.45, 7) is 25.4. The molecule has 281 valence electrons. The molecule has 0 fully saturated rings. The van der Waals surface area contributed by atoms with Gasteiger partial charge in [-0.3, -0.25) is 9.78 Å². The molecule has 1 N–H and O–H groups in total. The SMILES string of the molecule is CCC(C)(CC)C(=O)/C=C(\O)C(C)(CC)CC.Cc1c(CC(C)C)oc2cc3c(cc12)oc1ccnc(-c2[c-]c4ccsc4c(C(C)(C)C)c2)c13.[Ir]. The summed E-state index contributed by atoms with van der Waals surface area (Å²) in [6, 6.07) is 14.3. The maximum atomic E-state index is 12.2. The molecule has 5 nitrogen and oxygen atoms in total. The average Bonchev–Trinajstić information content (AvgIpc) is 3.80. The molecule has 0 aliphatic heterocycles. The van der Waals surface area contributed by atoms with E-state index in [9.17, 15) is 9.90 Å². The number of fused-ring (bicyclic) bond motifs is 5. The van der Waals surface area contributed by atoms with E-state index in [1.807, 2.05) is 53.8 Å². The maximum Gasteiger partial charge on any atom is 0.164 e. The number of aliphatic hydroxyl groups excluding tert-OH is 1. The van der Waals surface area contributed by atoms with Gasteiger partial charge >= 0.3 is 0 Å². The number of carbonyl (C=O) groups excluding carboxylic acids is 1. The third-order valence-electron chi connectivity index (χ3n) is 11.3. The predicted octanol–water partition coefficient (Wildman–Crippen LogP) is 13.9. The van der Waals surface area contributed by atoms with E-state index in [1.54, 1.807) is 11.3 Å². The molecule has 52 heavy (non-hydrogen) atoms. The van der Waals surface area contributed by atoms with Crippen molar-refractivity contribution in [2.24, 2.45) is 16.7 Å². The van der Waals surface area contributed by atoms with Crippen molar-refractivity contribution in [2.45, 2.75) is 121 Å². The molecular formula is C45H56IrNO4S-. The molecule has 0 spiro atoms. The van der Waals surface area contributed by atoms with E-state index in [-0.39, 0.29) is 47.9 Å². The number of furan rings is 2. The molecule has 2 aromatic carbocycles. The van der Waals surface area contributed by atoms with E-state index in [0.717, 1.165) is 87.4 Å². The number of rotatable bonds is 10. The van der Waals surface area contributed by atoms with Gasteiger partial charge in [0.05, 0.1) is 0 Å². The van der Waals surface area contributed by atoms with Crippen LogP contribution in [-0.2, 0) is 36.7 Å². The van der Waals surface area contributed by atoms with Crippen LogP contribution in [0.2, 0.25) is 0 Å². The van der Waals surface area contributed by atoms with Crippen LogP contribution in [0.25, 0.3) is 54.3 Å². The first kappa shape index (κ1) is 41.5. The Morgan fingerprint density at radius 3 is 2.12 bits per heavy atom. The zero-order valence-corrected chi connectivity index (χ0v) is 36.3. The van der Waals surface area contributed by atoms with E-state index >= 15 is 0 Å². The molecule has 0 aliphatic rings. The Balaban J connectivity index is 0.000000289. The molecule has 7 heteroatoms. The van der Waals surface area contributed by atoms with Gasteiger partial charge in [0.2, 0.25) is 0 Å². The zero-order valence-electron chi connectivity index (χ0n) is 33.1. The van der Waals surface area contributed by atoms with Crippen molar-refractivity contribution in [3.05, 3.63) is 76.7 Å². The van der Waals surface area contributed by atoms with E-state index in [2.05, 4.69) is 77.3 Å². The van der Waals surface area contributed by atoms with Crippen LogP contribution in [0.4, 0.5) is 0 Å². The second kappa shape index (κ2) is 16.0. The summed E-state index contributed by atoms with van der Waals surface area (Å²) >= 11 is 1.78. The first-order valence-corrected chi connectivity index (χ1v) is 19.5. The van der Waals surface area contributed by atoms with Crippen molar-refractivity contribution in [1.29, 1.82) is 0 Å². The number of thiophene rings is 1. The second-order valence-electron chi connectivity index (χ2n) is 16.2. The summed E-state index contributed by atoms with van der Waals surface area (Å²) in [6.07, 6.45) is 7.52. The molecule has 0 amide bonds. The molecule has 6 rings (SSSR count). The zero-order chi connectivity index (χ0) is 37.5. The number of carbonyl (C=O) groups is 1. The molecule has 4 heterocycles. The van der Waals surface area contributed by atoms with Crippen molar-refractivity contribution < 1.29 is 38.8 Å². The van der Waals surface area contributed by atoms with Crippen molar-refractivity contribution in [3.8, 4) is 11.3 Å². The summed E-state index contributed by atoms with van der Waals surface area (Å²) < 4.78 is 14.0. The first-order chi connectivity index (χ1) is 24.0. The van der Waals surface area contributed by atoms with Gasteiger partial charge in [0.25, 0.3) is 0 Å². The predicted molar refractivity (Wildman–Crippen MR) is 216 cm³/mol. The fourth-order valence-electron chi connectivity index (χ4n) is 6.63. The van der Waals surface area contributed by atoms with Crippen LogP contribution < -0.4 is 0 Å². The molecule has 0 atom stereocenters. The number of aliphatic hydroxyl groups is 1. The van der Waals surface area contributed by atoms with Crippen LogP contribution in [-0.4, -0.2) is 15.9 Å². The van der Waals surface area contributed by atoms with Crippen molar-refractivity contribution >= 4 is 60.1 Å². The van der Waals surface area contributed by atoms with Gasteiger partial charge in [0.15, 0.2) is 5.78 Å². The Bertz CT molecular complexity index is 2220.